The molecule has 0 heterocycles. The molecule has 0 aromatic heterocycles. The number of carbonyl (C=O) groups is 1. The molecule has 0 fully saturated rings. The maximum Gasteiger partial charge on any atom is 0.407 e. The molecule has 0 aliphatic heterocycles. The fraction of sp³-hybridized carbons (Fsp3) is 0.909. The normalized spacial score (nSPS) is 13.2. The van der Waals surface area contributed by atoms with Gasteiger partial charge in [0.1, 0.15) is 5.60 Å². The van der Waals surface area contributed by atoms with Crippen molar-refractivity contribution in [1.29, 1.82) is 0 Å². The minimum atomic E-state index is -3.97. The van der Waals surface area contributed by atoms with E-state index in [1.165, 1.54) is 0 Å². The van der Waals surface area contributed by atoms with Crippen LogP contribution in [-0.2, 0) is 14.9 Å². The van der Waals surface area contributed by atoms with Crippen molar-refractivity contribution >= 4 is 16.2 Å². The van der Waals surface area contributed by atoms with Crippen molar-refractivity contribution in [3.05, 3.63) is 0 Å². The highest BCUT2D eigenvalue weighted by Gasteiger charge is 2.23. The Labute approximate surface area is 109 Å². The minimum Gasteiger partial charge on any atom is -0.444 e. The molecule has 0 saturated heterocycles. The van der Waals surface area contributed by atoms with E-state index in [1.54, 1.807) is 34.6 Å². The summed E-state index contributed by atoms with van der Waals surface area (Å²) >= 11 is 0. The van der Waals surface area contributed by atoms with E-state index in [2.05, 4.69) is 5.32 Å². The molecule has 1 amide bonds. The van der Waals surface area contributed by atoms with Crippen LogP contribution >= 0.6 is 0 Å². The van der Waals surface area contributed by atoms with Crippen LogP contribution in [-0.4, -0.2) is 37.0 Å². The van der Waals surface area contributed by atoms with Crippen LogP contribution < -0.4 is 5.32 Å². The van der Waals surface area contributed by atoms with Crippen molar-refractivity contribution in [1.82, 2.24) is 5.32 Å². The topological polar surface area (TPSA) is 92.7 Å². The Bertz CT molecular complexity index is 381. The zero-order valence-electron chi connectivity index (χ0n) is 11.6. The lowest BCUT2D eigenvalue weighted by Crippen LogP contribution is -2.38. The van der Waals surface area contributed by atoms with E-state index in [0.717, 1.165) is 0 Å². The summed E-state index contributed by atoms with van der Waals surface area (Å²) in [6.45, 7) is 9.16. The van der Waals surface area contributed by atoms with Gasteiger partial charge in [-0.05, 0) is 32.6 Å². The molecule has 0 bridgehead atoms. The predicted octanol–water partition coefficient (Wildman–Crippen LogP) is 1.82. The van der Waals surface area contributed by atoms with Crippen LogP contribution in [0.4, 0.5) is 4.79 Å². The third-order valence-electron chi connectivity index (χ3n) is 2.15. The number of alkyl carbamates (subject to hydrolysis) is 1. The van der Waals surface area contributed by atoms with Gasteiger partial charge >= 0.3 is 6.09 Å². The van der Waals surface area contributed by atoms with E-state index in [1.807, 2.05) is 0 Å². The number of ether oxygens (including phenoxy) is 1. The summed E-state index contributed by atoms with van der Waals surface area (Å²) in [5.41, 5.74) is -1.00. The first-order valence-corrected chi connectivity index (χ1v) is 7.34. The molecular formula is C11H23NO5S. The van der Waals surface area contributed by atoms with Crippen LogP contribution in [0.2, 0.25) is 0 Å². The second-order valence-electron chi connectivity index (χ2n) is 6.06. The zero-order valence-corrected chi connectivity index (χ0v) is 12.4. The first-order chi connectivity index (χ1) is 7.81. The summed E-state index contributed by atoms with van der Waals surface area (Å²) in [5, 5.41) is 2.58. The number of rotatable bonds is 5. The molecule has 0 aliphatic rings. The molecule has 0 aromatic carbocycles. The van der Waals surface area contributed by atoms with Crippen LogP contribution in [0.1, 0.15) is 41.0 Å². The molecule has 0 rings (SSSR count). The fourth-order valence-corrected chi connectivity index (χ4v) is 1.93. The molecule has 0 aliphatic carbocycles. The van der Waals surface area contributed by atoms with Crippen molar-refractivity contribution in [2.75, 3.05) is 12.3 Å². The summed E-state index contributed by atoms with van der Waals surface area (Å²) < 4.78 is 35.0. The Morgan fingerprint density at radius 2 is 1.72 bits per heavy atom. The number of amides is 1. The Balaban J connectivity index is 4.15. The zero-order chi connectivity index (χ0) is 14.6. The van der Waals surface area contributed by atoms with Crippen LogP contribution in [0.25, 0.3) is 0 Å². The van der Waals surface area contributed by atoms with Gasteiger partial charge in [-0.15, -0.1) is 0 Å². The van der Waals surface area contributed by atoms with Gasteiger partial charge in [-0.1, -0.05) is 13.8 Å². The van der Waals surface area contributed by atoms with Crippen molar-refractivity contribution in [3.8, 4) is 0 Å². The maximum atomic E-state index is 11.4. The van der Waals surface area contributed by atoms with Gasteiger partial charge < -0.3 is 10.1 Å². The van der Waals surface area contributed by atoms with Gasteiger partial charge in [0.05, 0.1) is 5.75 Å². The van der Waals surface area contributed by atoms with E-state index in [-0.39, 0.29) is 18.7 Å². The minimum absolute atomic E-state index is 0.252. The molecule has 6 nitrogen and oxygen atoms in total. The average molecular weight is 281 g/mol. The van der Waals surface area contributed by atoms with Crippen molar-refractivity contribution in [2.24, 2.45) is 5.41 Å². The third-order valence-corrected chi connectivity index (χ3v) is 2.87. The number of carbonyl (C=O) groups excluding carboxylic acids is 1. The van der Waals surface area contributed by atoms with Gasteiger partial charge in [0, 0.05) is 6.54 Å². The monoisotopic (exact) mass is 281 g/mol. The smallest absolute Gasteiger partial charge is 0.407 e. The van der Waals surface area contributed by atoms with Crippen LogP contribution in [0.5, 0.6) is 0 Å². The van der Waals surface area contributed by atoms with Crippen molar-refractivity contribution in [3.63, 3.8) is 0 Å². The molecule has 0 aromatic rings. The molecule has 0 unspecified atom stereocenters. The Hall–Kier alpha value is -0.820. The highest BCUT2D eigenvalue weighted by atomic mass is 32.2. The summed E-state index contributed by atoms with van der Waals surface area (Å²) in [6, 6.07) is 0. The van der Waals surface area contributed by atoms with Crippen LogP contribution in [0.3, 0.4) is 0 Å². The Morgan fingerprint density at radius 3 is 2.11 bits per heavy atom. The van der Waals surface area contributed by atoms with Gasteiger partial charge in [0.15, 0.2) is 0 Å². The highest BCUT2D eigenvalue weighted by Crippen LogP contribution is 2.20. The van der Waals surface area contributed by atoms with Crippen molar-refractivity contribution < 1.29 is 22.5 Å². The highest BCUT2D eigenvalue weighted by molar-refractivity contribution is 7.85. The van der Waals surface area contributed by atoms with Crippen LogP contribution in [0, 0.1) is 5.41 Å². The van der Waals surface area contributed by atoms with E-state index in [9.17, 15) is 13.2 Å². The molecule has 0 saturated carbocycles. The predicted molar refractivity (Wildman–Crippen MR) is 69.1 cm³/mol. The number of nitrogens with one attached hydrogen (secondary N) is 1. The lowest BCUT2D eigenvalue weighted by molar-refractivity contribution is 0.0506. The average Bonchev–Trinajstić information content (AvgIpc) is 2.08. The molecule has 108 valence electrons. The van der Waals surface area contributed by atoms with Gasteiger partial charge in [0.2, 0.25) is 0 Å². The number of hydrogen-bond donors (Lipinski definition) is 2. The summed E-state index contributed by atoms with van der Waals surface area (Å²) in [4.78, 5) is 11.4. The maximum absolute atomic E-state index is 11.4. The van der Waals surface area contributed by atoms with E-state index in [0.29, 0.717) is 0 Å². The fourth-order valence-electron chi connectivity index (χ4n) is 1.12. The molecule has 0 radical (unpaired) electrons. The third kappa shape index (κ3) is 10.3. The van der Waals surface area contributed by atoms with E-state index < -0.39 is 27.2 Å². The molecule has 2 N–H and O–H groups in total. The molecular weight excluding hydrogens is 258 g/mol. The lowest BCUT2D eigenvalue weighted by Gasteiger charge is -2.26. The Kier molecular flexibility index (Phi) is 5.61. The molecule has 18 heavy (non-hydrogen) atoms. The first kappa shape index (κ1) is 17.2. The van der Waals surface area contributed by atoms with E-state index >= 15 is 0 Å². The summed E-state index contributed by atoms with van der Waals surface area (Å²) in [6.07, 6.45) is -0.288. The second-order valence-corrected chi connectivity index (χ2v) is 7.63. The first-order valence-electron chi connectivity index (χ1n) is 5.73. The Morgan fingerprint density at radius 1 is 1.22 bits per heavy atom. The second kappa shape index (κ2) is 5.88. The largest absolute Gasteiger partial charge is 0.444 e. The SMILES string of the molecule is CC(C)(CCS(=O)(=O)O)CNC(=O)OC(C)(C)C. The van der Waals surface area contributed by atoms with Gasteiger partial charge in [0.25, 0.3) is 10.1 Å². The van der Waals surface area contributed by atoms with Crippen molar-refractivity contribution in [2.45, 2.75) is 46.6 Å². The molecule has 7 heteroatoms. The quantitative estimate of drug-likeness (QED) is 0.750. The lowest BCUT2D eigenvalue weighted by atomic mass is 9.90. The summed E-state index contributed by atoms with van der Waals surface area (Å²) in [7, 11) is -3.97. The molecule has 0 atom stereocenters. The van der Waals surface area contributed by atoms with E-state index in [4.69, 9.17) is 9.29 Å². The molecule has 0 spiro atoms. The van der Waals surface area contributed by atoms with Gasteiger partial charge in [-0.2, -0.15) is 8.42 Å². The van der Waals surface area contributed by atoms with Gasteiger partial charge in [-0.25, -0.2) is 4.79 Å². The number of hydrogen-bond acceptors (Lipinski definition) is 4. The standard InChI is InChI=1S/C11H23NO5S/c1-10(2,3)17-9(13)12-8-11(4,5)6-7-18(14,15)16/h6-8H2,1-5H3,(H,12,13)(H,14,15,16). The summed E-state index contributed by atoms with van der Waals surface area (Å²) in [5.74, 6) is -0.323. The van der Waals surface area contributed by atoms with Gasteiger partial charge in [-0.3, -0.25) is 4.55 Å². The van der Waals surface area contributed by atoms with Crippen LogP contribution in [0.15, 0.2) is 0 Å².